The summed E-state index contributed by atoms with van der Waals surface area (Å²) in [7, 11) is 0. The van der Waals surface area contributed by atoms with Gasteiger partial charge < -0.3 is 14.7 Å². The fourth-order valence-electron chi connectivity index (χ4n) is 2.30. The molecule has 2 rings (SSSR count). The highest BCUT2D eigenvalue weighted by molar-refractivity contribution is 5.89. The maximum Gasteiger partial charge on any atom is 0.338 e. The van der Waals surface area contributed by atoms with Crippen LogP contribution >= 0.6 is 0 Å². The van der Waals surface area contributed by atoms with Gasteiger partial charge in [-0.2, -0.15) is 0 Å². The van der Waals surface area contributed by atoms with Crippen molar-refractivity contribution in [3.05, 3.63) is 84.4 Å². The second kappa shape index (κ2) is 10.1. The van der Waals surface area contributed by atoms with Crippen molar-refractivity contribution in [3.8, 4) is 0 Å². The first-order valence-electron chi connectivity index (χ1n) is 8.01. The molecule has 6 heteroatoms. The molecule has 0 amide bonds. The lowest BCUT2D eigenvalue weighted by atomic mass is 10.1. The first-order chi connectivity index (χ1) is 12.7. The number of oxime groups is 1. The van der Waals surface area contributed by atoms with E-state index >= 15 is 0 Å². The van der Waals surface area contributed by atoms with Crippen molar-refractivity contribution < 1.29 is 23.9 Å². The lowest BCUT2D eigenvalue weighted by Crippen LogP contribution is -2.40. The average Bonchev–Trinajstić information content (AvgIpc) is 2.68. The number of halogens is 1. The highest BCUT2D eigenvalue weighted by Crippen LogP contribution is 2.17. The topological polar surface area (TPSA) is 68.1 Å². The van der Waals surface area contributed by atoms with Gasteiger partial charge in [0.2, 0.25) is 0 Å². The van der Waals surface area contributed by atoms with E-state index < -0.39 is 24.3 Å². The molecule has 1 N–H and O–H groups in total. The first-order valence-corrected chi connectivity index (χ1v) is 8.01. The van der Waals surface area contributed by atoms with Crippen molar-refractivity contribution in [2.45, 2.75) is 25.0 Å². The van der Waals surface area contributed by atoms with E-state index in [0.717, 1.165) is 5.56 Å². The van der Waals surface area contributed by atoms with Gasteiger partial charge in [-0.1, -0.05) is 60.3 Å². The molecule has 0 aliphatic rings. The van der Waals surface area contributed by atoms with Crippen LogP contribution in [0.1, 0.15) is 15.9 Å². The summed E-state index contributed by atoms with van der Waals surface area (Å²) >= 11 is 0. The Morgan fingerprint density at radius 2 is 1.77 bits per heavy atom. The van der Waals surface area contributed by atoms with E-state index in [2.05, 4.69) is 11.7 Å². The minimum Gasteiger partial charge on any atom is -0.452 e. The zero-order valence-corrected chi connectivity index (χ0v) is 14.1. The summed E-state index contributed by atoms with van der Waals surface area (Å²) in [6, 6.07) is 17.5. The van der Waals surface area contributed by atoms with Gasteiger partial charge in [-0.25, -0.2) is 9.18 Å². The van der Waals surface area contributed by atoms with Crippen molar-refractivity contribution in [2.24, 2.45) is 5.16 Å². The number of carbonyl (C=O) groups is 1. The molecule has 0 spiro atoms. The molecule has 0 bridgehead atoms. The summed E-state index contributed by atoms with van der Waals surface area (Å²) in [6.07, 6.45) is -2.11. The van der Waals surface area contributed by atoms with Crippen molar-refractivity contribution in [2.75, 3.05) is 0 Å². The molecule has 0 aromatic heterocycles. The Morgan fingerprint density at radius 3 is 2.35 bits per heavy atom. The standard InChI is InChI=1S/C20H20FNO4/c1-2-18(26-20(23)16-11-7-4-8-12-16)19(17(21)13-22-24)25-14-15-9-5-3-6-10-15/h2-13,17-19,24H,1,14H2/b22-13+/t17-,18+,19+/m0/s1. The molecule has 0 aliphatic heterocycles. The smallest absolute Gasteiger partial charge is 0.338 e. The Morgan fingerprint density at radius 1 is 1.15 bits per heavy atom. The van der Waals surface area contributed by atoms with E-state index in [1.54, 1.807) is 30.3 Å². The lowest BCUT2D eigenvalue weighted by Gasteiger charge is -2.26. The number of alkyl halides is 1. The highest BCUT2D eigenvalue weighted by Gasteiger charge is 2.31. The van der Waals surface area contributed by atoms with Gasteiger partial charge in [0.15, 0.2) is 6.17 Å². The van der Waals surface area contributed by atoms with Gasteiger partial charge in [0.1, 0.15) is 12.2 Å². The summed E-state index contributed by atoms with van der Waals surface area (Å²) in [4.78, 5) is 12.2. The molecule has 3 atom stereocenters. The van der Waals surface area contributed by atoms with Crippen molar-refractivity contribution in [1.29, 1.82) is 0 Å². The van der Waals surface area contributed by atoms with E-state index in [4.69, 9.17) is 14.7 Å². The molecule has 0 heterocycles. The molecule has 0 radical (unpaired) electrons. The predicted octanol–water partition coefficient (Wildman–Crippen LogP) is 3.78. The van der Waals surface area contributed by atoms with Gasteiger partial charge in [0.25, 0.3) is 0 Å². The second-order valence-corrected chi connectivity index (χ2v) is 5.44. The summed E-state index contributed by atoms with van der Waals surface area (Å²) < 4.78 is 25.3. The Kier molecular flexibility index (Phi) is 7.51. The SMILES string of the molecule is C=C[C@@H](OC(=O)c1ccccc1)[C@H](OCc1ccccc1)[C@@H](F)/C=N/O. The molecule has 0 unspecified atom stereocenters. The number of esters is 1. The Labute approximate surface area is 151 Å². The molecule has 2 aromatic carbocycles. The van der Waals surface area contributed by atoms with Crippen LogP contribution in [-0.2, 0) is 16.1 Å². The van der Waals surface area contributed by atoms with Crippen molar-refractivity contribution >= 4 is 12.2 Å². The number of nitrogens with zero attached hydrogens (tertiary/aromatic N) is 1. The van der Waals surface area contributed by atoms with Crippen LogP contribution in [0.25, 0.3) is 0 Å². The number of ether oxygens (including phenoxy) is 2. The quantitative estimate of drug-likeness (QED) is 0.244. The molecule has 0 aliphatic carbocycles. The number of benzene rings is 2. The Balaban J connectivity index is 2.12. The summed E-state index contributed by atoms with van der Waals surface area (Å²) in [5, 5.41) is 11.3. The molecule has 5 nitrogen and oxygen atoms in total. The molecule has 26 heavy (non-hydrogen) atoms. The highest BCUT2D eigenvalue weighted by atomic mass is 19.1. The van der Waals surface area contributed by atoms with Gasteiger partial charge >= 0.3 is 5.97 Å². The first kappa shape index (κ1) is 19.3. The normalized spacial score (nSPS) is 14.5. The van der Waals surface area contributed by atoms with Crippen LogP contribution in [0.5, 0.6) is 0 Å². The van der Waals surface area contributed by atoms with E-state index in [1.807, 2.05) is 30.3 Å². The minimum absolute atomic E-state index is 0.0957. The number of carbonyl (C=O) groups excluding carboxylic acids is 1. The van der Waals surface area contributed by atoms with Crippen LogP contribution in [0, 0.1) is 0 Å². The summed E-state index contributed by atoms with van der Waals surface area (Å²) in [6.45, 7) is 3.69. The zero-order chi connectivity index (χ0) is 18.8. The van der Waals surface area contributed by atoms with E-state index in [1.165, 1.54) is 6.08 Å². The summed E-state index contributed by atoms with van der Waals surface area (Å²) in [5.41, 5.74) is 1.15. The Hall–Kier alpha value is -2.99. The third-order valence-corrected chi connectivity index (χ3v) is 3.62. The van der Waals surface area contributed by atoms with Crippen LogP contribution in [0.3, 0.4) is 0 Å². The van der Waals surface area contributed by atoms with E-state index in [-0.39, 0.29) is 6.61 Å². The minimum atomic E-state index is -1.80. The third-order valence-electron chi connectivity index (χ3n) is 3.62. The third kappa shape index (κ3) is 5.53. The fraction of sp³-hybridized carbons (Fsp3) is 0.200. The molecule has 0 fully saturated rings. The van der Waals surface area contributed by atoms with Gasteiger partial charge in [-0.15, -0.1) is 0 Å². The van der Waals surface area contributed by atoms with Crippen LogP contribution in [0.2, 0.25) is 0 Å². The van der Waals surface area contributed by atoms with Gasteiger partial charge in [-0.05, 0) is 23.8 Å². The number of hydrogen-bond acceptors (Lipinski definition) is 5. The molecule has 0 saturated heterocycles. The fourth-order valence-corrected chi connectivity index (χ4v) is 2.30. The molecule has 0 saturated carbocycles. The average molecular weight is 357 g/mol. The lowest BCUT2D eigenvalue weighted by molar-refractivity contribution is -0.0616. The van der Waals surface area contributed by atoms with Crippen molar-refractivity contribution in [3.63, 3.8) is 0 Å². The maximum absolute atomic E-state index is 14.4. The monoisotopic (exact) mass is 357 g/mol. The van der Waals surface area contributed by atoms with Gasteiger partial charge in [0, 0.05) is 0 Å². The molecule has 2 aromatic rings. The molecular formula is C20H20FNO4. The van der Waals surface area contributed by atoms with Crippen LogP contribution in [0.15, 0.2) is 78.5 Å². The largest absolute Gasteiger partial charge is 0.452 e. The zero-order valence-electron chi connectivity index (χ0n) is 14.1. The number of hydrogen-bond donors (Lipinski definition) is 1. The predicted molar refractivity (Wildman–Crippen MR) is 96.0 cm³/mol. The molecular weight excluding hydrogens is 337 g/mol. The molecule has 136 valence electrons. The maximum atomic E-state index is 14.4. The van der Waals surface area contributed by atoms with E-state index in [9.17, 15) is 9.18 Å². The van der Waals surface area contributed by atoms with Crippen LogP contribution < -0.4 is 0 Å². The number of rotatable bonds is 9. The summed E-state index contributed by atoms with van der Waals surface area (Å²) in [5.74, 6) is -0.628. The van der Waals surface area contributed by atoms with Crippen LogP contribution in [0.4, 0.5) is 4.39 Å². The van der Waals surface area contributed by atoms with Crippen LogP contribution in [-0.4, -0.2) is 35.8 Å². The Bertz CT molecular complexity index is 721. The second-order valence-electron chi connectivity index (χ2n) is 5.44. The van der Waals surface area contributed by atoms with E-state index in [0.29, 0.717) is 11.8 Å². The van der Waals surface area contributed by atoms with Gasteiger partial charge in [-0.3, -0.25) is 0 Å². The van der Waals surface area contributed by atoms with Gasteiger partial charge in [0.05, 0.1) is 18.4 Å². The van der Waals surface area contributed by atoms with Crippen molar-refractivity contribution in [1.82, 2.24) is 0 Å².